The first kappa shape index (κ1) is 9.07. The fraction of sp³-hybridized carbons (Fsp3) is 0.400. The highest BCUT2D eigenvalue weighted by Crippen LogP contribution is 2.18. The zero-order chi connectivity index (χ0) is 8.97. The molecule has 66 valence electrons. The SMILES string of the molecule is CCc1ccccc1OC(C)O. The van der Waals surface area contributed by atoms with Crippen LogP contribution >= 0.6 is 0 Å². The van der Waals surface area contributed by atoms with E-state index in [-0.39, 0.29) is 0 Å². The molecular weight excluding hydrogens is 152 g/mol. The molecule has 1 aromatic carbocycles. The van der Waals surface area contributed by atoms with Crippen LogP contribution in [0.25, 0.3) is 0 Å². The van der Waals surface area contributed by atoms with E-state index >= 15 is 0 Å². The minimum Gasteiger partial charge on any atom is -0.465 e. The van der Waals surface area contributed by atoms with Crippen LogP contribution in [0.5, 0.6) is 5.75 Å². The van der Waals surface area contributed by atoms with Crippen molar-refractivity contribution in [1.82, 2.24) is 0 Å². The van der Waals surface area contributed by atoms with Crippen LogP contribution in [0.4, 0.5) is 0 Å². The molecule has 0 amide bonds. The maximum absolute atomic E-state index is 9.00. The molecule has 0 aliphatic rings. The number of rotatable bonds is 3. The Bertz CT molecular complexity index is 243. The van der Waals surface area contributed by atoms with E-state index < -0.39 is 6.29 Å². The Morgan fingerprint density at radius 2 is 2.08 bits per heavy atom. The van der Waals surface area contributed by atoms with Gasteiger partial charge in [0.25, 0.3) is 0 Å². The number of aliphatic hydroxyl groups is 1. The van der Waals surface area contributed by atoms with Crippen molar-refractivity contribution in [2.45, 2.75) is 26.6 Å². The van der Waals surface area contributed by atoms with Crippen molar-refractivity contribution in [1.29, 1.82) is 0 Å². The van der Waals surface area contributed by atoms with Crippen LogP contribution < -0.4 is 4.74 Å². The zero-order valence-corrected chi connectivity index (χ0v) is 7.45. The summed E-state index contributed by atoms with van der Waals surface area (Å²) in [6.07, 6.45) is 0.181. The first-order chi connectivity index (χ1) is 5.74. The van der Waals surface area contributed by atoms with Crippen LogP contribution in [0.2, 0.25) is 0 Å². The van der Waals surface area contributed by atoms with Gasteiger partial charge in [0.05, 0.1) is 0 Å². The second kappa shape index (κ2) is 4.12. The third-order valence-electron chi connectivity index (χ3n) is 1.65. The third kappa shape index (κ3) is 2.24. The average Bonchev–Trinajstić information content (AvgIpc) is 2.04. The highest BCUT2D eigenvalue weighted by atomic mass is 16.6. The van der Waals surface area contributed by atoms with Gasteiger partial charge in [-0.15, -0.1) is 0 Å². The molecule has 2 nitrogen and oxygen atoms in total. The van der Waals surface area contributed by atoms with Gasteiger partial charge in [0.1, 0.15) is 5.75 Å². The molecule has 0 aliphatic carbocycles. The van der Waals surface area contributed by atoms with Gasteiger partial charge in [-0.05, 0) is 25.0 Å². The highest BCUT2D eigenvalue weighted by molar-refractivity contribution is 5.33. The number of hydrogen-bond acceptors (Lipinski definition) is 2. The number of aliphatic hydroxyl groups excluding tert-OH is 1. The normalized spacial score (nSPS) is 12.6. The minimum atomic E-state index is -0.738. The summed E-state index contributed by atoms with van der Waals surface area (Å²) < 4.78 is 5.19. The fourth-order valence-corrected chi connectivity index (χ4v) is 1.09. The van der Waals surface area contributed by atoms with Gasteiger partial charge in [-0.25, -0.2) is 0 Å². The summed E-state index contributed by atoms with van der Waals surface area (Å²) in [5.74, 6) is 0.773. The Balaban J connectivity index is 2.82. The fourth-order valence-electron chi connectivity index (χ4n) is 1.09. The molecular formula is C10H14O2. The molecule has 1 aromatic rings. The van der Waals surface area contributed by atoms with Crippen molar-refractivity contribution in [3.8, 4) is 5.75 Å². The summed E-state index contributed by atoms with van der Waals surface area (Å²) in [7, 11) is 0. The van der Waals surface area contributed by atoms with Crippen molar-refractivity contribution >= 4 is 0 Å². The van der Waals surface area contributed by atoms with Crippen molar-refractivity contribution in [3.05, 3.63) is 29.8 Å². The molecule has 0 radical (unpaired) electrons. The lowest BCUT2D eigenvalue weighted by Gasteiger charge is -2.11. The number of hydrogen-bond donors (Lipinski definition) is 1. The first-order valence-corrected chi connectivity index (χ1v) is 4.16. The van der Waals surface area contributed by atoms with Crippen LogP contribution in [-0.4, -0.2) is 11.4 Å². The van der Waals surface area contributed by atoms with E-state index in [0.717, 1.165) is 17.7 Å². The van der Waals surface area contributed by atoms with E-state index in [9.17, 15) is 0 Å². The van der Waals surface area contributed by atoms with Gasteiger partial charge >= 0.3 is 0 Å². The minimum absolute atomic E-state index is 0.738. The predicted molar refractivity (Wildman–Crippen MR) is 48.1 cm³/mol. The third-order valence-corrected chi connectivity index (χ3v) is 1.65. The molecule has 0 fully saturated rings. The van der Waals surface area contributed by atoms with Crippen molar-refractivity contribution in [2.24, 2.45) is 0 Å². The molecule has 1 N–H and O–H groups in total. The Labute approximate surface area is 72.8 Å². The van der Waals surface area contributed by atoms with Crippen LogP contribution in [0.15, 0.2) is 24.3 Å². The number of para-hydroxylation sites is 1. The average molecular weight is 166 g/mol. The van der Waals surface area contributed by atoms with Gasteiger partial charge < -0.3 is 9.84 Å². The molecule has 0 spiro atoms. The molecule has 0 bridgehead atoms. The number of ether oxygens (including phenoxy) is 1. The van der Waals surface area contributed by atoms with Crippen LogP contribution in [-0.2, 0) is 6.42 Å². The summed E-state index contributed by atoms with van der Waals surface area (Å²) in [5.41, 5.74) is 1.12. The van der Waals surface area contributed by atoms with E-state index in [1.54, 1.807) is 6.92 Å². The lowest BCUT2D eigenvalue weighted by molar-refractivity contribution is -0.000952. The summed E-state index contributed by atoms with van der Waals surface area (Å²) in [6.45, 7) is 3.66. The zero-order valence-electron chi connectivity index (χ0n) is 7.45. The van der Waals surface area contributed by atoms with Crippen LogP contribution in [0.1, 0.15) is 19.4 Å². The summed E-state index contributed by atoms with van der Waals surface area (Å²) >= 11 is 0. The van der Waals surface area contributed by atoms with E-state index in [1.165, 1.54) is 0 Å². The van der Waals surface area contributed by atoms with Gasteiger partial charge in [0.15, 0.2) is 6.29 Å². The molecule has 0 aliphatic heterocycles. The molecule has 2 heteroatoms. The van der Waals surface area contributed by atoms with E-state index in [4.69, 9.17) is 9.84 Å². The molecule has 1 unspecified atom stereocenters. The maximum atomic E-state index is 9.00. The standard InChI is InChI=1S/C10H14O2/c1-3-9-6-4-5-7-10(9)12-8(2)11/h4-8,11H,3H2,1-2H3. The Morgan fingerprint density at radius 1 is 1.42 bits per heavy atom. The Hall–Kier alpha value is -1.02. The van der Waals surface area contributed by atoms with Gasteiger partial charge in [0, 0.05) is 0 Å². The Kier molecular flexibility index (Phi) is 3.11. The van der Waals surface area contributed by atoms with Crippen LogP contribution in [0, 0.1) is 0 Å². The molecule has 0 heterocycles. The Morgan fingerprint density at radius 3 is 2.67 bits per heavy atom. The summed E-state index contributed by atoms with van der Waals surface area (Å²) in [5, 5.41) is 9.00. The van der Waals surface area contributed by atoms with Crippen LogP contribution in [0.3, 0.4) is 0 Å². The molecule has 1 rings (SSSR count). The maximum Gasteiger partial charge on any atom is 0.194 e. The molecule has 0 saturated heterocycles. The van der Waals surface area contributed by atoms with E-state index in [1.807, 2.05) is 24.3 Å². The van der Waals surface area contributed by atoms with Gasteiger partial charge in [-0.2, -0.15) is 0 Å². The summed E-state index contributed by atoms with van der Waals surface area (Å²) in [4.78, 5) is 0. The smallest absolute Gasteiger partial charge is 0.194 e. The largest absolute Gasteiger partial charge is 0.465 e. The number of aryl methyl sites for hydroxylation is 1. The molecule has 0 saturated carbocycles. The topological polar surface area (TPSA) is 29.5 Å². The van der Waals surface area contributed by atoms with E-state index in [2.05, 4.69) is 6.92 Å². The van der Waals surface area contributed by atoms with Gasteiger partial charge in [-0.3, -0.25) is 0 Å². The van der Waals surface area contributed by atoms with Gasteiger partial charge in [0.2, 0.25) is 0 Å². The van der Waals surface area contributed by atoms with Crippen molar-refractivity contribution < 1.29 is 9.84 Å². The molecule has 0 aromatic heterocycles. The van der Waals surface area contributed by atoms with E-state index in [0.29, 0.717) is 0 Å². The lowest BCUT2D eigenvalue weighted by atomic mass is 10.1. The lowest BCUT2D eigenvalue weighted by Crippen LogP contribution is -2.10. The molecule has 1 atom stereocenters. The first-order valence-electron chi connectivity index (χ1n) is 4.16. The second-order valence-corrected chi connectivity index (χ2v) is 2.68. The number of benzene rings is 1. The monoisotopic (exact) mass is 166 g/mol. The predicted octanol–water partition coefficient (Wildman–Crippen LogP) is 1.97. The van der Waals surface area contributed by atoms with Crippen molar-refractivity contribution in [2.75, 3.05) is 0 Å². The quantitative estimate of drug-likeness (QED) is 0.695. The summed E-state index contributed by atoms with van der Waals surface area (Å²) in [6, 6.07) is 7.73. The van der Waals surface area contributed by atoms with Gasteiger partial charge in [-0.1, -0.05) is 25.1 Å². The second-order valence-electron chi connectivity index (χ2n) is 2.68. The van der Waals surface area contributed by atoms with Crippen molar-refractivity contribution in [3.63, 3.8) is 0 Å². The highest BCUT2D eigenvalue weighted by Gasteiger charge is 2.02. The molecule has 12 heavy (non-hydrogen) atoms.